The molecule has 0 saturated carbocycles. The topological polar surface area (TPSA) is 155 Å². The summed E-state index contributed by atoms with van der Waals surface area (Å²) in [7, 11) is 1.83. The number of aromatic nitrogens is 4. The van der Waals surface area contributed by atoms with Crippen molar-refractivity contribution in [3.63, 3.8) is 0 Å². The molecule has 10 nitrogen and oxygen atoms in total. The third kappa shape index (κ3) is 3.46. The Hall–Kier alpha value is -4.60. The summed E-state index contributed by atoms with van der Waals surface area (Å²) in [5, 5.41) is 7.30. The van der Waals surface area contributed by atoms with Crippen molar-refractivity contribution in [2.24, 2.45) is 17.8 Å². The Kier molecular flexibility index (Phi) is 4.18. The number of ether oxygens (including phenoxy) is 1. The highest BCUT2D eigenvalue weighted by Crippen LogP contribution is 2.40. The normalized spacial score (nSPS) is 12.2. The van der Waals surface area contributed by atoms with Crippen LogP contribution >= 0.6 is 0 Å². The number of nitrogens with one attached hydrogen (secondary N) is 1. The summed E-state index contributed by atoms with van der Waals surface area (Å²) < 4.78 is 7.78. The average Bonchev–Trinajstić information content (AvgIpc) is 3.06. The van der Waals surface area contributed by atoms with E-state index in [2.05, 4.69) is 25.4 Å². The summed E-state index contributed by atoms with van der Waals surface area (Å²) >= 11 is 0. The first kappa shape index (κ1) is 18.4. The summed E-state index contributed by atoms with van der Waals surface area (Å²) in [4.78, 5) is 13.1. The van der Waals surface area contributed by atoms with Gasteiger partial charge in [-0.1, -0.05) is 12.1 Å². The maximum absolute atomic E-state index is 6.33. The fraction of sp³-hybridized carbons (Fsp3) is 0.0476. The summed E-state index contributed by atoms with van der Waals surface area (Å²) in [6.07, 6.45) is 3.51. The van der Waals surface area contributed by atoms with Crippen molar-refractivity contribution in [3.05, 3.63) is 60.4 Å². The number of aryl methyl sites for hydroxylation is 1. The molecule has 5 rings (SSSR count). The lowest BCUT2D eigenvalue weighted by molar-refractivity contribution is 0.485. The Morgan fingerprint density at radius 3 is 2.65 bits per heavy atom. The van der Waals surface area contributed by atoms with Gasteiger partial charge < -0.3 is 27.3 Å². The van der Waals surface area contributed by atoms with Crippen LogP contribution < -0.4 is 27.3 Å². The Balaban J connectivity index is 1.58. The maximum Gasteiger partial charge on any atom is 0.222 e. The van der Waals surface area contributed by atoms with Crippen LogP contribution in [0.5, 0.6) is 11.5 Å². The van der Waals surface area contributed by atoms with Crippen LogP contribution in [0.4, 0.5) is 28.8 Å². The zero-order valence-electron chi connectivity index (χ0n) is 16.6. The molecular formula is C21H19N9O. The highest BCUT2D eigenvalue weighted by Gasteiger charge is 2.21. The highest BCUT2D eigenvalue weighted by molar-refractivity contribution is 6.07. The molecule has 0 atom stereocenters. The fourth-order valence-electron chi connectivity index (χ4n) is 3.39. The number of aliphatic imine (C=N–C) groups is 1. The molecule has 0 aliphatic carbocycles. The molecular weight excluding hydrogens is 394 g/mol. The molecule has 154 valence electrons. The minimum atomic E-state index is 0.116. The predicted octanol–water partition coefficient (Wildman–Crippen LogP) is 2.93. The van der Waals surface area contributed by atoms with Gasteiger partial charge in [0.05, 0.1) is 23.1 Å². The Morgan fingerprint density at radius 2 is 1.84 bits per heavy atom. The van der Waals surface area contributed by atoms with Crippen LogP contribution in [-0.2, 0) is 7.05 Å². The molecule has 31 heavy (non-hydrogen) atoms. The standard InChI is InChI=1S/C21H19N9O/c1-30-10-12(9-25-30)26-18-8-15(28-21(24)29-18)11-6-13(22)19-17(7-11)31-16-5-3-2-4-14(16)27-20(19)23/h2-10H,22H2,1H3,(H2,23,27)(H3,24,26,28,29). The van der Waals surface area contributed by atoms with E-state index in [-0.39, 0.29) is 11.8 Å². The van der Waals surface area contributed by atoms with E-state index >= 15 is 0 Å². The largest absolute Gasteiger partial charge is 0.454 e. The van der Waals surface area contributed by atoms with Gasteiger partial charge in [-0.05, 0) is 24.3 Å². The van der Waals surface area contributed by atoms with Crippen molar-refractivity contribution in [2.45, 2.75) is 0 Å². The van der Waals surface area contributed by atoms with E-state index in [0.717, 1.165) is 5.69 Å². The number of nitrogen functional groups attached to an aromatic ring is 2. The number of anilines is 4. The van der Waals surface area contributed by atoms with Gasteiger partial charge in [0.2, 0.25) is 5.95 Å². The van der Waals surface area contributed by atoms with Crippen molar-refractivity contribution < 1.29 is 4.74 Å². The van der Waals surface area contributed by atoms with Crippen LogP contribution in [0.1, 0.15) is 5.56 Å². The number of rotatable bonds is 3. The van der Waals surface area contributed by atoms with Gasteiger partial charge in [-0.25, -0.2) is 9.98 Å². The lowest BCUT2D eigenvalue weighted by Crippen LogP contribution is -2.15. The Morgan fingerprint density at radius 1 is 1.00 bits per heavy atom. The molecule has 0 unspecified atom stereocenters. The van der Waals surface area contributed by atoms with Gasteiger partial charge in [0.1, 0.15) is 23.1 Å². The number of hydrogen-bond donors (Lipinski definition) is 4. The molecule has 1 aliphatic heterocycles. The van der Waals surface area contributed by atoms with E-state index in [0.29, 0.717) is 45.5 Å². The van der Waals surface area contributed by atoms with Crippen molar-refractivity contribution in [1.29, 1.82) is 0 Å². The summed E-state index contributed by atoms with van der Waals surface area (Å²) in [6.45, 7) is 0. The second-order valence-electron chi connectivity index (χ2n) is 7.03. The number of para-hydroxylation sites is 2. The number of amidine groups is 1. The van der Waals surface area contributed by atoms with Crippen molar-refractivity contribution >= 4 is 34.7 Å². The number of benzene rings is 2. The zero-order valence-corrected chi connectivity index (χ0v) is 16.6. The van der Waals surface area contributed by atoms with E-state index in [1.807, 2.05) is 43.6 Å². The van der Waals surface area contributed by atoms with Crippen LogP contribution in [0, 0.1) is 0 Å². The molecule has 0 spiro atoms. The molecule has 0 amide bonds. The lowest BCUT2D eigenvalue weighted by atomic mass is 10.0. The number of nitrogens with two attached hydrogens (primary N) is 3. The minimum absolute atomic E-state index is 0.116. The fourth-order valence-corrected chi connectivity index (χ4v) is 3.39. The van der Waals surface area contributed by atoms with Crippen LogP contribution in [0.2, 0.25) is 0 Å². The molecule has 2 aromatic carbocycles. The number of hydrogen-bond acceptors (Lipinski definition) is 9. The van der Waals surface area contributed by atoms with Crippen LogP contribution in [-0.4, -0.2) is 25.6 Å². The molecule has 2 aromatic heterocycles. The smallest absolute Gasteiger partial charge is 0.222 e. The van der Waals surface area contributed by atoms with Gasteiger partial charge in [0.25, 0.3) is 0 Å². The summed E-state index contributed by atoms with van der Waals surface area (Å²) in [5.41, 5.74) is 22.1. The monoisotopic (exact) mass is 413 g/mol. The quantitative estimate of drug-likeness (QED) is 0.374. The molecule has 7 N–H and O–H groups in total. The average molecular weight is 413 g/mol. The first-order valence-corrected chi connectivity index (χ1v) is 9.42. The lowest BCUT2D eigenvalue weighted by Gasteiger charge is -2.14. The van der Waals surface area contributed by atoms with E-state index in [1.54, 1.807) is 23.0 Å². The van der Waals surface area contributed by atoms with E-state index in [1.165, 1.54) is 0 Å². The predicted molar refractivity (Wildman–Crippen MR) is 120 cm³/mol. The molecule has 4 aromatic rings. The Bertz CT molecular complexity index is 1340. The van der Waals surface area contributed by atoms with E-state index < -0.39 is 0 Å². The van der Waals surface area contributed by atoms with Gasteiger partial charge in [-0.2, -0.15) is 10.1 Å². The van der Waals surface area contributed by atoms with Gasteiger partial charge in [0.15, 0.2) is 5.75 Å². The second kappa shape index (κ2) is 7.02. The van der Waals surface area contributed by atoms with E-state index in [4.69, 9.17) is 21.9 Å². The zero-order chi connectivity index (χ0) is 21.5. The molecule has 0 bridgehead atoms. The molecule has 1 aliphatic rings. The molecule has 0 saturated heterocycles. The maximum atomic E-state index is 6.33. The van der Waals surface area contributed by atoms with Crippen LogP contribution in [0.25, 0.3) is 11.3 Å². The van der Waals surface area contributed by atoms with Crippen molar-refractivity contribution in [3.8, 4) is 22.8 Å². The van der Waals surface area contributed by atoms with Crippen molar-refractivity contribution in [1.82, 2.24) is 19.7 Å². The minimum Gasteiger partial charge on any atom is -0.454 e. The van der Waals surface area contributed by atoms with Gasteiger partial charge in [0, 0.05) is 30.6 Å². The molecule has 10 heteroatoms. The first-order valence-electron chi connectivity index (χ1n) is 9.42. The van der Waals surface area contributed by atoms with E-state index in [9.17, 15) is 0 Å². The number of fused-ring (bicyclic) bond motifs is 2. The van der Waals surface area contributed by atoms with Crippen LogP contribution in [0.15, 0.2) is 59.9 Å². The molecule has 0 fully saturated rings. The molecule has 0 radical (unpaired) electrons. The number of nitrogens with zero attached hydrogens (tertiary/aromatic N) is 5. The first-order chi connectivity index (χ1) is 15.0. The van der Waals surface area contributed by atoms with Crippen molar-refractivity contribution in [2.75, 3.05) is 16.8 Å². The van der Waals surface area contributed by atoms with Gasteiger partial charge in [-0.15, -0.1) is 0 Å². The third-order valence-corrected chi connectivity index (χ3v) is 4.73. The Labute approximate surface area is 177 Å². The highest BCUT2D eigenvalue weighted by atomic mass is 16.5. The molecule has 3 heterocycles. The SMILES string of the molecule is Cn1cc(Nc2cc(-c3cc(N)c4c(c3)Oc3ccccc3N=C4N)nc(N)n2)cn1. The van der Waals surface area contributed by atoms with Crippen LogP contribution in [0.3, 0.4) is 0 Å². The van der Waals surface area contributed by atoms with Gasteiger partial charge >= 0.3 is 0 Å². The van der Waals surface area contributed by atoms with Gasteiger partial charge in [-0.3, -0.25) is 4.68 Å². The second-order valence-corrected chi connectivity index (χ2v) is 7.03. The summed E-state index contributed by atoms with van der Waals surface area (Å²) in [6, 6.07) is 12.7. The summed E-state index contributed by atoms with van der Waals surface area (Å²) in [5.74, 6) is 1.99. The third-order valence-electron chi connectivity index (χ3n) is 4.73.